The van der Waals surface area contributed by atoms with Crippen molar-refractivity contribution in [2.45, 2.75) is 33.0 Å². The van der Waals surface area contributed by atoms with Crippen molar-refractivity contribution in [3.05, 3.63) is 76.0 Å². The summed E-state index contributed by atoms with van der Waals surface area (Å²) in [6.07, 6.45) is -4.61. The van der Waals surface area contributed by atoms with E-state index in [1.54, 1.807) is 6.92 Å². The molecule has 0 saturated heterocycles. The second kappa shape index (κ2) is 7.62. The molecule has 1 aliphatic rings. The molecule has 0 aromatic heterocycles. The molecule has 0 spiro atoms. The van der Waals surface area contributed by atoms with Crippen LogP contribution in [0.2, 0.25) is 0 Å². The average molecular weight is 403 g/mol. The predicted octanol–water partition coefficient (Wildman–Crippen LogP) is 4.59. The quantitative estimate of drug-likeness (QED) is 0.702. The standard InChI is InChI=1S/C21H20F3N3O2/c1-11-8-9-12(2)14(10-11)18-17(13(3)25-20(29)27-18)19(28)26-16-7-5-4-6-15(16)21(22,23)24/h4-10,18H,1-3H3,(H,26,28)(H2,25,27,29). The normalized spacial score (nSPS) is 16.9. The van der Waals surface area contributed by atoms with Gasteiger partial charge in [-0.2, -0.15) is 13.2 Å². The van der Waals surface area contributed by atoms with E-state index < -0.39 is 29.7 Å². The number of benzene rings is 2. The number of allylic oxidation sites excluding steroid dienone is 1. The molecule has 0 saturated carbocycles. The van der Waals surface area contributed by atoms with Gasteiger partial charge in [-0.25, -0.2) is 4.79 Å². The number of hydrogen-bond donors (Lipinski definition) is 3. The van der Waals surface area contributed by atoms with Gasteiger partial charge in [-0.05, 0) is 44.0 Å². The van der Waals surface area contributed by atoms with Crippen molar-refractivity contribution < 1.29 is 22.8 Å². The third-order valence-corrected chi connectivity index (χ3v) is 4.74. The average Bonchev–Trinajstić information content (AvgIpc) is 2.62. The zero-order chi connectivity index (χ0) is 21.3. The van der Waals surface area contributed by atoms with Gasteiger partial charge in [0.2, 0.25) is 0 Å². The molecular weight excluding hydrogens is 383 g/mol. The Kier molecular flexibility index (Phi) is 5.37. The van der Waals surface area contributed by atoms with Gasteiger partial charge in [0.1, 0.15) is 0 Å². The number of para-hydroxylation sites is 1. The SMILES string of the molecule is CC1=C(C(=O)Nc2ccccc2C(F)(F)F)C(c2cc(C)ccc2C)NC(=O)N1. The number of rotatable bonds is 3. The molecule has 1 atom stereocenters. The Hall–Kier alpha value is -3.29. The van der Waals surface area contributed by atoms with E-state index in [2.05, 4.69) is 16.0 Å². The Morgan fingerprint density at radius 2 is 1.76 bits per heavy atom. The number of amides is 3. The lowest BCUT2D eigenvalue weighted by molar-refractivity contribution is -0.137. The van der Waals surface area contributed by atoms with Crippen LogP contribution in [0.1, 0.15) is 35.2 Å². The minimum Gasteiger partial charge on any atom is -0.327 e. The van der Waals surface area contributed by atoms with E-state index >= 15 is 0 Å². The van der Waals surface area contributed by atoms with Crippen molar-refractivity contribution in [2.75, 3.05) is 5.32 Å². The molecule has 0 aliphatic carbocycles. The third kappa shape index (κ3) is 4.26. The van der Waals surface area contributed by atoms with Crippen LogP contribution in [-0.2, 0) is 11.0 Å². The van der Waals surface area contributed by atoms with Crippen LogP contribution in [0.4, 0.5) is 23.7 Å². The molecule has 152 valence electrons. The van der Waals surface area contributed by atoms with Gasteiger partial charge in [-0.3, -0.25) is 4.79 Å². The summed E-state index contributed by atoms with van der Waals surface area (Å²) in [6.45, 7) is 5.26. The number of alkyl halides is 3. The van der Waals surface area contributed by atoms with Gasteiger partial charge < -0.3 is 16.0 Å². The lowest BCUT2D eigenvalue weighted by atomic mass is 9.90. The van der Waals surface area contributed by atoms with E-state index in [9.17, 15) is 22.8 Å². The molecule has 29 heavy (non-hydrogen) atoms. The summed E-state index contributed by atoms with van der Waals surface area (Å²) in [7, 11) is 0. The number of carbonyl (C=O) groups is 2. The van der Waals surface area contributed by atoms with Gasteiger partial charge in [0, 0.05) is 5.70 Å². The van der Waals surface area contributed by atoms with Gasteiger partial charge in [-0.1, -0.05) is 35.9 Å². The molecule has 5 nitrogen and oxygen atoms in total. The van der Waals surface area contributed by atoms with Crippen LogP contribution >= 0.6 is 0 Å². The maximum absolute atomic E-state index is 13.3. The van der Waals surface area contributed by atoms with E-state index in [1.165, 1.54) is 18.2 Å². The molecule has 1 heterocycles. The van der Waals surface area contributed by atoms with Crippen LogP contribution in [0.5, 0.6) is 0 Å². The molecule has 1 unspecified atom stereocenters. The summed E-state index contributed by atoms with van der Waals surface area (Å²) in [5, 5.41) is 7.58. The second-order valence-corrected chi connectivity index (χ2v) is 6.93. The zero-order valence-electron chi connectivity index (χ0n) is 16.1. The fourth-order valence-corrected chi connectivity index (χ4v) is 3.33. The van der Waals surface area contributed by atoms with Crippen LogP contribution in [-0.4, -0.2) is 11.9 Å². The van der Waals surface area contributed by atoms with Gasteiger partial charge in [0.05, 0.1) is 22.9 Å². The van der Waals surface area contributed by atoms with Crippen LogP contribution < -0.4 is 16.0 Å². The third-order valence-electron chi connectivity index (χ3n) is 4.74. The molecule has 2 aromatic rings. The highest BCUT2D eigenvalue weighted by atomic mass is 19.4. The fourth-order valence-electron chi connectivity index (χ4n) is 3.33. The lowest BCUT2D eigenvalue weighted by Gasteiger charge is -2.30. The van der Waals surface area contributed by atoms with Gasteiger partial charge in [0.15, 0.2) is 0 Å². The minimum atomic E-state index is -4.61. The Morgan fingerprint density at radius 3 is 2.45 bits per heavy atom. The number of anilines is 1. The maximum atomic E-state index is 13.3. The number of urea groups is 1. The summed E-state index contributed by atoms with van der Waals surface area (Å²) >= 11 is 0. The van der Waals surface area contributed by atoms with Crippen molar-refractivity contribution in [3.8, 4) is 0 Å². The van der Waals surface area contributed by atoms with E-state index in [0.717, 1.165) is 17.2 Å². The van der Waals surface area contributed by atoms with E-state index in [-0.39, 0.29) is 17.0 Å². The number of aryl methyl sites for hydroxylation is 2. The van der Waals surface area contributed by atoms with Crippen molar-refractivity contribution in [3.63, 3.8) is 0 Å². The Bertz CT molecular complexity index is 1010. The van der Waals surface area contributed by atoms with Crippen LogP contribution in [0.3, 0.4) is 0 Å². The minimum absolute atomic E-state index is 0.148. The molecule has 8 heteroatoms. The van der Waals surface area contributed by atoms with E-state index in [0.29, 0.717) is 5.56 Å². The summed E-state index contributed by atoms with van der Waals surface area (Å²) in [6, 6.07) is 9.09. The summed E-state index contributed by atoms with van der Waals surface area (Å²) in [5.41, 5.74) is 1.62. The zero-order valence-corrected chi connectivity index (χ0v) is 16.1. The van der Waals surface area contributed by atoms with Crippen molar-refractivity contribution >= 4 is 17.6 Å². The van der Waals surface area contributed by atoms with Crippen molar-refractivity contribution in [1.29, 1.82) is 0 Å². The van der Waals surface area contributed by atoms with Gasteiger partial charge >= 0.3 is 12.2 Å². The molecule has 0 bridgehead atoms. The highest BCUT2D eigenvalue weighted by Gasteiger charge is 2.36. The van der Waals surface area contributed by atoms with E-state index in [4.69, 9.17) is 0 Å². The van der Waals surface area contributed by atoms with Crippen LogP contribution in [0.25, 0.3) is 0 Å². The van der Waals surface area contributed by atoms with Crippen molar-refractivity contribution in [1.82, 2.24) is 10.6 Å². The number of carbonyl (C=O) groups excluding carboxylic acids is 2. The largest absolute Gasteiger partial charge is 0.418 e. The Morgan fingerprint density at radius 1 is 1.07 bits per heavy atom. The van der Waals surface area contributed by atoms with Gasteiger partial charge in [0.25, 0.3) is 5.91 Å². The maximum Gasteiger partial charge on any atom is 0.418 e. The molecule has 2 aromatic carbocycles. The second-order valence-electron chi connectivity index (χ2n) is 6.93. The number of hydrogen-bond acceptors (Lipinski definition) is 2. The fraction of sp³-hybridized carbons (Fsp3) is 0.238. The Labute approximate surface area is 166 Å². The number of halogens is 3. The molecule has 3 amide bonds. The highest BCUT2D eigenvalue weighted by Crippen LogP contribution is 2.36. The first kappa shape index (κ1) is 20.4. The molecule has 1 aliphatic heterocycles. The van der Waals surface area contributed by atoms with Crippen LogP contribution in [0, 0.1) is 13.8 Å². The molecule has 3 rings (SSSR count). The van der Waals surface area contributed by atoms with Crippen LogP contribution in [0.15, 0.2) is 53.7 Å². The lowest BCUT2D eigenvalue weighted by Crippen LogP contribution is -2.46. The highest BCUT2D eigenvalue weighted by molar-refractivity contribution is 6.07. The summed E-state index contributed by atoms with van der Waals surface area (Å²) < 4.78 is 39.8. The number of nitrogens with one attached hydrogen (secondary N) is 3. The summed E-state index contributed by atoms with van der Waals surface area (Å²) in [4.78, 5) is 25.0. The molecule has 0 radical (unpaired) electrons. The van der Waals surface area contributed by atoms with Crippen molar-refractivity contribution in [2.24, 2.45) is 0 Å². The monoisotopic (exact) mass is 403 g/mol. The topological polar surface area (TPSA) is 70.2 Å². The van der Waals surface area contributed by atoms with Gasteiger partial charge in [-0.15, -0.1) is 0 Å². The first-order valence-electron chi connectivity index (χ1n) is 8.91. The Balaban J connectivity index is 2.03. The first-order valence-corrected chi connectivity index (χ1v) is 8.91. The first-order chi connectivity index (χ1) is 13.6. The smallest absolute Gasteiger partial charge is 0.327 e. The predicted molar refractivity (Wildman–Crippen MR) is 103 cm³/mol. The summed E-state index contributed by atoms with van der Waals surface area (Å²) in [5.74, 6) is -0.724. The molecule has 3 N–H and O–H groups in total. The molecule has 0 fully saturated rings. The van der Waals surface area contributed by atoms with E-state index in [1.807, 2.05) is 32.0 Å². The molecular formula is C21H20F3N3O2.